The molecule has 2 aliphatic heterocycles. The van der Waals surface area contributed by atoms with Crippen molar-refractivity contribution in [1.29, 1.82) is 0 Å². The second-order valence-electron chi connectivity index (χ2n) is 8.19. The average Bonchev–Trinajstić information content (AvgIpc) is 3.28. The number of rotatable bonds is 2. The minimum absolute atomic E-state index is 0.152. The van der Waals surface area contributed by atoms with Gasteiger partial charge >= 0.3 is 0 Å². The molecule has 0 unspecified atom stereocenters. The lowest BCUT2D eigenvalue weighted by Gasteiger charge is -2.26. The molecule has 0 aliphatic carbocycles. The predicted molar refractivity (Wildman–Crippen MR) is 113 cm³/mol. The van der Waals surface area contributed by atoms with Gasteiger partial charge in [-0.25, -0.2) is 0 Å². The van der Waals surface area contributed by atoms with E-state index in [1.165, 1.54) is 0 Å². The maximum Gasteiger partial charge on any atom is 0.255 e. The van der Waals surface area contributed by atoms with Gasteiger partial charge in [-0.2, -0.15) is 0 Å². The van der Waals surface area contributed by atoms with Gasteiger partial charge in [0.15, 0.2) is 0 Å². The Morgan fingerprint density at radius 3 is 2.52 bits per heavy atom. The largest absolute Gasteiger partial charge is 0.491 e. The van der Waals surface area contributed by atoms with Crippen LogP contribution in [-0.2, 0) is 14.4 Å². The molecule has 0 radical (unpaired) electrons. The second kappa shape index (κ2) is 10.3. The van der Waals surface area contributed by atoms with Crippen LogP contribution >= 0.6 is 0 Å². The fourth-order valence-corrected chi connectivity index (χ4v) is 3.77. The minimum Gasteiger partial charge on any atom is -0.491 e. The molecule has 3 N–H and O–H groups in total. The molecule has 168 valence electrons. The summed E-state index contributed by atoms with van der Waals surface area (Å²) in [7, 11) is 0. The predicted octanol–water partition coefficient (Wildman–Crippen LogP) is 0.447. The van der Waals surface area contributed by atoms with Crippen molar-refractivity contribution in [3.8, 4) is 5.75 Å². The molecule has 3 rings (SSSR count). The van der Waals surface area contributed by atoms with Crippen LogP contribution in [0.15, 0.2) is 24.3 Å². The van der Waals surface area contributed by atoms with Gasteiger partial charge in [0, 0.05) is 13.1 Å². The molecule has 1 aromatic rings. The first-order valence-electron chi connectivity index (χ1n) is 10.8. The first kappa shape index (κ1) is 22.6. The van der Waals surface area contributed by atoms with Gasteiger partial charge in [0.25, 0.3) is 5.91 Å². The van der Waals surface area contributed by atoms with E-state index in [9.17, 15) is 19.2 Å². The number of carbonyl (C=O) groups excluding carboxylic acids is 4. The molecule has 4 amide bonds. The number of hydrogen-bond donors (Lipinski definition) is 3. The molecular weight excluding hydrogens is 400 g/mol. The summed E-state index contributed by atoms with van der Waals surface area (Å²) in [4.78, 5) is 53.0. The van der Waals surface area contributed by atoms with Crippen LogP contribution < -0.4 is 20.7 Å². The molecule has 2 heterocycles. The van der Waals surface area contributed by atoms with E-state index in [-0.39, 0.29) is 42.9 Å². The van der Waals surface area contributed by atoms with Crippen molar-refractivity contribution >= 4 is 23.6 Å². The van der Waals surface area contributed by atoms with Crippen molar-refractivity contribution in [2.45, 2.75) is 45.2 Å². The molecule has 1 saturated heterocycles. The van der Waals surface area contributed by atoms with Crippen LogP contribution in [0.5, 0.6) is 5.75 Å². The number of para-hydroxylation sites is 1. The van der Waals surface area contributed by atoms with Crippen LogP contribution in [0.2, 0.25) is 0 Å². The van der Waals surface area contributed by atoms with E-state index < -0.39 is 23.9 Å². The van der Waals surface area contributed by atoms with Crippen molar-refractivity contribution in [3.05, 3.63) is 29.8 Å². The van der Waals surface area contributed by atoms with Gasteiger partial charge in [-0.1, -0.05) is 26.0 Å². The van der Waals surface area contributed by atoms with Crippen LogP contribution in [-0.4, -0.2) is 66.9 Å². The SMILES string of the molecule is CC(C)[C@@H]1NC(=O)C[C@@H](C(=O)N2CCCC2)NC(=O)c2ccccc2OCCNC1=O. The van der Waals surface area contributed by atoms with E-state index in [4.69, 9.17) is 4.74 Å². The quantitative estimate of drug-likeness (QED) is 0.630. The van der Waals surface area contributed by atoms with Crippen molar-refractivity contribution in [3.63, 3.8) is 0 Å². The Labute approximate surface area is 181 Å². The van der Waals surface area contributed by atoms with E-state index in [0.717, 1.165) is 12.8 Å². The molecule has 0 spiro atoms. The summed E-state index contributed by atoms with van der Waals surface area (Å²) in [5, 5.41) is 8.19. The third-order valence-electron chi connectivity index (χ3n) is 5.47. The molecular formula is C22H30N4O5. The van der Waals surface area contributed by atoms with Gasteiger partial charge in [-0.15, -0.1) is 0 Å². The molecule has 31 heavy (non-hydrogen) atoms. The third-order valence-corrected chi connectivity index (χ3v) is 5.47. The van der Waals surface area contributed by atoms with Crippen LogP contribution in [0.3, 0.4) is 0 Å². The van der Waals surface area contributed by atoms with Crippen LogP contribution in [0.4, 0.5) is 0 Å². The highest BCUT2D eigenvalue weighted by atomic mass is 16.5. The minimum atomic E-state index is -1.03. The molecule has 2 atom stereocenters. The number of carbonyl (C=O) groups is 4. The number of nitrogens with one attached hydrogen (secondary N) is 3. The van der Waals surface area contributed by atoms with Crippen molar-refractivity contribution in [1.82, 2.24) is 20.9 Å². The number of nitrogens with zero attached hydrogens (tertiary/aromatic N) is 1. The second-order valence-corrected chi connectivity index (χ2v) is 8.19. The van der Waals surface area contributed by atoms with Gasteiger partial charge in [-0.3, -0.25) is 19.2 Å². The Hall–Kier alpha value is -3.10. The topological polar surface area (TPSA) is 117 Å². The Morgan fingerprint density at radius 2 is 1.81 bits per heavy atom. The van der Waals surface area contributed by atoms with E-state index in [1.54, 1.807) is 29.2 Å². The summed E-state index contributed by atoms with van der Waals surface area (Å²) >= 11 is 0. The molecule has 0 bridgehead atoms. The Kier molecular flexibility index (Phi) is 7.49. The molecule has 9 nitrogen and oxygen atoms in total. The maximum absolute atomic E-state index is 13.0. The summed E-state index contributed by atoms with van der Waals surface area (Å²) in [6, 6.07) is 4.91. The highest BCUT2D eigenvalue weighted by Crippen LogP contribution is 2.19. The van der Waals surface area contributed by atoms with E-state index >= 15 is 0 Å². The third kappa shape index (κ3) is 5.74. The zero-order valence-corrected chi connectivity index (χ0v) is 18.0. The summed E-state index contributed by atoms with van der Waals surface area (Å²) in [6.45, 7) is 5.24. The Bertz CT molecular complexity index is 835. The molecule has 1 aromatic carbocycles. The molecule has 1 fully saturated rings. The molecule has 0 saturated carbocycles. The number of hydrogen-bond acceptors (Lipinski definition) is 5. The van der Waals surface area contributed by atoms with Crippen LogP contribution in [0.25, 0.3) is 0 Å². The van der Waals surface area contributed by atoms with Crippen molar-refractivity contribution in [2.75, 3.05) is 26.2 Å². The van der Waals surface area contributed by atoms with Gasteiger partial charge in [0.1, 0.15) is 24.4 Å². The monoisotopic (exact) mass is 430 g/mol. The number of likely N-dealkylation sites (tertiary alicyclic amines) is 1. The lowest BCUT2D eigenvalue weighted by Crippen LogP contribution is -2.54. The molecule has 2 aliphatic rings. The smallest absolute Gasteiger partial charge is 0.255 e. The number of benzene rings is 1. The summed E-state index contributed by atoms with van der Waals surface area (Å²) in [5.41, 5.74) is 0.269. The highest BCUT2D eigenvalue weighted by Gasteiger charge is 2.32. The van der Waals surface area contributed by atoms with E-state index in [0.29, 0.717) is 18.8 Å². The summed E-state index contributed by atoms with van der Waals surface area (Å²) in [6.07, 6.45) is 1.54. The average molecular weight is 431 g/mol. The first-order valence-corrected chi connectivity index (χ1v) is 10.8. The van der Waals surface area contributed by atoms with Gasteiger partial charge < -0.3 is 25.6 Å². The van der Waals surface area contributed by atoms with Crippen molar-refractivity contribution < 1.29 is 23.9 Å². The van der Waals surface area contributed by atoms with Gasteiger partial charge in [0.05, 0.1) is 18.5 Å². The van der Waals surface area contributed by atoms with E-state index in [1.807, 2.05) is 13.8 Å². The molecule has 9 heteroatoms. The number of fused-ring (bicyclic) bond motifs is 1. The zero-order valence-electron chi connectivity index (χ0n) is 18.0. The van der Waals surface area contributed by atoms with E-state index in [2.05, 4.69) is 16.0 Å². The van der Waals surface area contributed by atoms with Crippen molar-refractivity contribution in [2.24, 2.45) is 5.92 Å². The van der Waals surface area contributed by atoms with Crippen LogP contribution in [0, 0.1) is 5.92 Å². The van der Waals surface area contributed by atoms with Gasteiger partial charge in [-0.05, 0) is 30.9 Å². The summed E-state index contributed by atoms with van der Waals surface area (Å²) in [5.74, 6) is -1.36. The van der Waals surface area contributed by atoms with Crippen LogP contribution in [0.1, 0.15) is 43.5 Å². The Balaban J connectivity index is 1.89. The standard InChI is InChI=1S/C22H30N4O5/c1-14(2)19-21(29)23-9-12-31-17-8-4-3-7-15(17)20(28)24-16(13-18(27)25-19)22(30)26-10-5-6-11-26/h3-4,7-8,14,16,19H,5-6,9-13H2,1-2H3,(H,23,29)(H,24,28)(H,25,27)/t16-,19-/m0/s1. The zero-order chi connectivity index (χ0) is 22.4. The molecule has 0 aromatic heterocycles. The summed E-state index contributed by atoms with van der Waals surface area (Å²) < 4.78 is 5.71. The number of amides is 4. The maximum atomic E-state index is 13.0. The Morgan fingerprint density at radius 1 is 1.10 bits per heavy atom. The first-order chi connectivity index (χ1) is 14.9. The number of ether oxygens (including phenoxy) is 1. The lowest BCUT2D eigenvalue weighted by molar-refractivity contribution is -0.135. The fourth-order valence-electron chi connectivity index (χ4n) is 3.77. The normalized spacial score (nSPS) is 23.2. The lowest BCUT2D eigenvalue weighted by atomic mass is 10.0. The van der Waals surface area contributed by atoms with Gasteiger partial charge in [0.2, 0.25) is 17.7 Å². The fraction of sp³-hybridized carbons (Fsp3) is 0.545. The highest BCUT2D eigenvalue weighted by molar-refractivity contribution is 6.01.